The van der Waals surface area contributed by atoms with Crippen molar-refractivity contribution in [3.05, 3.63) is 66.3 Å². The molecule has 9 atom stereocenters. The number of rotatable bonds is 11. The summed E-state index contributed by atoms with van der Waals surface area (Å²) in [6, 6.07) is 7.81. The third-order valence-corrected chi connectivity index (χ3v) is 15.4. The fraction of sp³-hybridized carbons (Fsp3) is 0.600. The van der Waals surface area contributed by atoms with Crippen LogP contribution in [0.5, 0.6) is 0 Å². The number of carbonyl (C=O) groups excluding carboxylic acids is 1. The molecule has 50 heavy (non-hydrogen) atoms. The number of furan rings is 1. The highest BCUT2D eigenvalue weighted by Crippen LogP contribution is 2.67. The van der Waals surface area contributed by atoms with E-state index in [1.807, 2.05) is 12.1 Å². The fourth-order valence-corrected chi connectivity index (χ4v) is 12.5. The molecule has 9 nitrogen and oxygen atoms in total. The second kappa shape index (κ2) is 13.3. The van der Waals surface area contributed by atoms with Crippen molar-refractivity contribution in [1.29, 1.82) is 0 Å². The minimum atomic E-state index is -3.93. The Labute approximate surface area is 295 Å². The van der Waals surface area contributed by atoms with Gasteiger partial charge in [-0.2, -0.15) is 0 Å². The first-order valence-electron chi connectivity index (χ1n) is 18.6. The first-order chi connectivity index (χ1) is 23.8. The summed E-state index contributed by atoms with van der Waals surface area (Å²) in [5.74, 6) is 1.79. The van der Waals surface area contributed by atoms with Crippen molar-refractivity contribution in [2.45, 2.75) is 115 Å². The molecule has 3 fully saturated rings. The molecular formula is C40H52N2O7S. The van der Waals surface area contributed by atoms with E-state index in [2.05, 4.69) is 32.2 Å². The van der Waals surface area contributed by atoms with E-state index in [0.717, 1.165) is 32.1 Å². The molecule has 3 aromatic rings. The standard InChI is InChI=1S/C40H52N2O7S/c1-25(33-11-12-34-32-10-9-27-21-29(43)14-17-39(27,2)35(32)15-18-40(33,34)3)8-13-37(44)41-28(22-38(45)46)20-26-23-42(36-7-5-4-6-31(26)36)50(47,48)30-16-19-49-24-30/h4-7,9,16,19,23-25,28-29,32-35,43H,8,10-15,17-18,20-22H2,1-3H3,(H,41,44)(H,45,46)/t25-,28+,29+,32+,33-,34+,35+,39+,40-/m1/s1. The third-order valence-electron chi connectivity index (χ3n) is 13.7. The molecule has 270 valence electrons. The molecule has 0 bridgehead atoms. The minimum Gasteiger partial charge on any atom is -0.481 e. The van der Waals surface area contributed by atoms with Crippen LogP contribution in [0, 0.1) is 40.4 Å². The number of amides is 1. The van der Waals surface area contributed by atoms with Crippen molar-refractivity contribution in [3.8, 4) is 0 Å². The summed E-state index contributed by atoms with van der Waals surface area (Å²) in [5.41, 5.74) is 3.11. The molecule has 0 aliphatic heterocycles. The molecule has 0 saturated heterocycles. The molecule has 1 aromatic carbocycles. The number of aliphatic carboxylic acids is 1. The van der Waals surface area contributed by atoms with Crippen molar-refractivity contribution in [3.63, 3.8) is 0 Å². The van der Waals surface area contributed by atoms with Crippen LogP contribution in [-0.2, 0) is 26.0 Å². The molecule has 0 spiro atoms. The Kier molecular flexibility index (Phi) is 9.33. The predicted molar refractivity (Wildman–Crippen MR) is 191 cm³/mol. The van der Waals surface area contributed by atoms with Crippen LogP contribution >= 0.6 is 0 Å². The summed E-state index contributed by atoms with van der Waals surface area (Å²) in [5, 5.41) is 23.8. The zero-order valence-electron chi connectivity index (χ0n) is 29.5. The quantitative estimate of drug-likeness (QED) is 0.178. The number of carboxylic acids is 1. The normalized spacial score (nSPS) is 32.0. The maximum atomic E-state index is 13.4. The van der Waals surface area contributed by atoms with Crippen LogP contribution in [0.3, 0.4) is 0 Å². The average Bonchev–Trinajstić information content (AvgIpc) is 3.82. The van der Waals surface area contributed by atoms with Crippen molar-refractivity contribution in [2.75, 3.05) is 0 Å². The lowest BCUT2D eigenvalue weighted by Gasteiger charge is -2.58. The van der Waals surface area contributed by atoms with Crippen LogP contribution in [0.1, 0.15) is 97.0 Å². The van der Waals surface area contributed by atoms with Gasteiger partial charge in [-0.05, 0) is 122 Å². The van der Waals surface area contributed by atoms with Crippen LogP contribution in [0.2, 0.25) is 0 Å². The molecule has 3 saturated carbocycles. The van der Waals surface area contributed by atoms with Gasteiger partial charge < -0.3 is 19.9 Å². The Bertz CT molecular complexity index is 1880. The molecule has 10 heteroatoms. The number of nitrogens with one attached hydrogen (secondary N) is 1. The number of allylic oxidation sites excluding steroid dienone is 1. The van der Waals surface area contributed by atoms with Crippen molar-refractivity contribution < 1.29 is 32.6 Å². The van der Waals surface area contributed by atoms with Gasteiger partial charge >= 0.3 is 5.97 Å². The van der Waals surface area contributed by atoms with Gasteiger partial charge in [0.25, 0.3) is 10.0 Å². The maximum absolute atomic E-state index is 13.4. The van der Waals surface area contributed by atoms with Gasteiger partial charge in [-0.25, -0.2) is 12.4 Å². The Morgan fingerprint density at radius 3 is 2.64 bits per heavy atom. The number of fused-ring (bicyclic) bond motifs is 6. The lowest BCUT2D eigenvalue weighted by molar-refractivity contribution is -0.137. The van der Waals surface area contributed by atoms with E-state index in [0.29, 0.717) is 52.5 Å². The number of carboxylic acid groups (broad SMARTS) is 1. The summed E-state index contributed by atoms with van der Waals surface area (Å²) in [7, 11) is -3.93. The van der Waals surface area contributed by atoms with E-state index < -0.39 is 22.0 Å². The van der Waals surface area contributed by atoms with Crippen molar-refractivity contribution in [1.82, 2.24) is 9.29 Å². The molecule has 4 aliphatic carbocycles. The van der Waals surface area contributed by atoms with Crippen molar-refractivity contribution in [2.24, 2.45) is 40.4 Å². The number of benzene rings is 1. The topological polar surface area (TPSA) is 139 Å². The molecule has 2 heterocycles. The molecule has 0 radical (unpaired) electrons. The van der Waals surface area contributed by atoms with E-state index >= 15 is 0 Å². The van der Waals surface area contributed by atoms with Crippen LogP contribution in [0.25, 0.3) is 10.9 Å². The lowest BCUT2D eigenvalue weighted by atomic mass is 9.47. The number of aliphatic hydroxyl groups excluding tert-OH is 1. The Morgan fingerprint density at radius 1 is 1.08 bits per heavy atom. The number of aromatic nitrogens is 1. The number of hydrogen-bond acceptors (Lipinski definition) is 6. The number of nitrogens with zero attached hydrogens (tertiary/aromatic N) is 1. The Balaban J connectivity index is 1.01. The molecule has 3 N–H and O–H groups in total. The summed E-state index contributed by atoms with van der Waals surface area (Å²) in [6.45, 7) is 7.28. The number of aliphatic hydroxyl groups is 1. The predicted octanol–water partition coefficient (Wildman–Crippen LogP) is 7.33. The summed E-state index contributed by atoms with van der Waals surface area (Å²) in [6.07, 6.45) is 16.2. The van der Waals surface area contributed by atoms with Gasteiger partial charge in [0.1, 0.15) is 11.2 Å². The van der Waals surface area contributed by atoms with Gasteiger partial charge in [-0.3, -0.25) is 9.59 Å². The van der Waals surface area contributed by atoms with Gasteiger partial charge in [0.15, 0.2) is 0 Å². The van der Waals surface area contributed by atoms with E-state index in [9.17, 15) is 28.2 Å². The van der Waals surface area contributed by atoms with Gasteiger partial charge in [0.05, 0.1) is 24.3 Å². The summed E-state index contributed by atoms with van der Waals surface area (Å²) < 4.78 is 33.1. The van der Waals surface area contributed by atoms with E-state index in [-0.39, 0.29) is 40.6 Å². The first-order valence-corrected chi connectivity index (χ1v) is 20.0. The highest BCUT2D eigenvalue weighted by molar-refractivity contribution is 7.90. The maximum Gasteiger partial charge on any atom is 0.305 e. The zero-order chi connectivity index (χ0) is 35.4. The van der Waals surface area contributed by atoms with Gasteiger partial charge in [-0.1, -0.05) is 50.6 Å². The average molecular weight is 705 g/mol. The molecule has 0 unspecified atom stereocenters. The Hall–Kier alpha value is -3.37. The summed E-state index contributed by atoms with van der Waals surface area (Å²) in [4.78, 5) is 25.4. The largest absolute Gasteiger partial charge is 0.481 e. The van der Waals surface area contributed by atoms with Crippen LogP contribution < -0.4 is 5.32 Å². The first kappa shape index (κ1) is 35.1. The second-order valence-electron chi connectivity index (χ2n) is 16.4. The second-order valence-corrected chi connectivity index (χ2v) is 18.2. The van der Waals surface area contributed by atoms with Gasteiger partial charge in [-0.15, -0.1) is 0 Å². The van der Waals surface area contributed by atoms with E-state index in [1.165, 1.54) is 60.0 Å². The van der Waals surface area contributed by atoms with E-state index in [4.69, 9.17) is 4.42 Å². The van der Waals surface area contributed by atoms with Crippen LogP contribution in [0.4, 0.5) is 0 Å². The van der Waals surface area contributed by atoms with Crippen LogP contribution in [0.15, 0.2) is 70.0 Å². The highest BCUT2D eigenvalue weighted by atomic mass is 32.2. The molecule has 4 aliphatic rings. The van der Waals surface area contributed by atoms with Crippen molar-refractivity contribution >= 4 is 32.8 Å². The molecule has 1 amide bonds. The SMILES string of the molecule is C[C@H](CCC(=O)N[C@H](CC(=O)O)Cc1cn(S(=O)(=O)c2ccoc2)c2ccccc12)[C@H]1CC[C@H]2[C@@H]3CC=C4C[C@@H](O)CC[C@]4(C)[C@H]3CC[C@]12C. The molecular weight excluding hydrogens is 653 g/mol. The number of para-hydroxylation sites is 1. The fourth-order valence-electron chi connectivity index (χ4n) is 11.2. The zero-order valence-corrected chi connectivity index (χ0v) is 30.3. The van der Waals surface area contributed by atoms with Crippen LogP contribution in [-0.4, -0.2) is 46.6 Å². The smallest absolute Gasteiger partial charge is 0.305 e. The highest BCUT2D eigenvalue weighted by Gasteiger charge is 2.59. The third kappa shape index (κ3) is 6.14. The summed E-state index contributed by atoms with van der Waals surface area (Å²) >= 11 is 0. The van der Waals surface area contributed by atoms with Gasteiger partial charge in [0, 0.05) is 24.0 Å². The lowest BCUT2D eigenvalue weighted by Crippen LogP contribution is -2.50. The number of carbonyl (C=O) groups is 2. The van der Waals surface area contributed by atoms with Gasteiger partial charge in [0.2, 0.25) is 5.91 Å². The number of hydrogen-bond donors (Lipinski definition) is 3. The van der Waals surface area contributed by atoms with E-state index in [1.54, 1.807) is 12.1 Å². The Morgan fingerprint density at radius 2 is 1.88 bits per heavy atom. The molecule has 7 rings (SSSR count). The monoisotopic (exact) mass is 704 g/mol. The minimum absolute atomic E-state index is 0.0220. The molecule has 2 aromatic heterocycles.